The number of hydrogen-bond acceptors (Lipinski definition) is 5. The second kappa shape index (κ2) is 6.85. The quantitative estimate of drug-likeness (QED) is 0.834. The van der Waals surface area contributed by atoms with Crippen molar-refractivity contribution in [2.75, 3.05) is 11.9 Å². The first-order valence-electron chi connectivity index (χ1n) is 6.70. The minimum Gasteiger partial charge on any atom is -0.406 e. The number of rotatable bonds is 6. The van der Waals surface area contributed by atoms with Crippen molar-refractivity contribution in [2.45, 2.75) is 33.2 Å². The summed E-state index contributed by atoms with van der Waals surface area (Å²) in [6, 6.07) is 6.49. The second-order valence-electron chi connectivity index (χ2n) is 4.73. The van der Waals surface area contributed by atoms with Crippen LogP contribution in [0.3, 0.4) is 0 Å². The lowest BCUT2D eigenvalue weighted by Crippen LogP contribution is -2.19. The predicted octanol–water partition coefficient (Wildman–Crippen LogP) is 3.94. The van der Waals surface area contributed by atoms with Crippen LogP contribution in [0.1, 0.15) is 37.8 Å². The highest BCUT2D eigenvalue weighted by Gasteiger charge is 2.13. The van der Waals surface area contributed by atoms with Crippen molar-refractivity contribution in [3.8, 4) is 0 Å². The van der Waals surface area contributed by atoms with Crippen LogP contribution >= 0.6 is 15.9 Å². The van der Waals surface area contributed by atoms with E-state index in [4.69, 9.17) is 4.42 Å². The normalized spacial score (nSPS) is 12.4. The van der Waals surface area contributed by atoms with Crippen LogP contribution in [0.25, 0.3) is 0 Å². The number of aromatic nitrogens is 2. The molecule has 0 aliphatic rings. The molecule has 20 heavy (non-hydrogen) atoms. The first-order valence-corrected chi connectivity index (χ1v) is 7.49. The van der Waals surface area contributed by atoms with E-state index in [1.807, 2.05) is 32.0 Å². The molecule has 1 aromatic heterocycles. The van der Waals surface area contributed by atoms with Gasteiger partial charge in [-0.1, -0.05) is 18.1 Å². The van der Waals surface area contributed by atoms with Gasteiger partial charge >= 0.3 is 6.01 Å². The fourth-order valence-electron chi connectivity index (χ4n) is 1.76. The van der Waals surface area contributed by atoms with Gasteiger partial charge in [0.1, 0.15) is 0 Å². The highest BCUT2D eigenvalue weighted by molar-refractivity contribution is 9.10. The van der Waals surface area contributed by atoms with Gasteiger partial charge in [-0.2, -0.15) is 0 Å². The predicted molar refractivity (Wildman–Crippen MR) is 83.2 cm³/mol. The van der Waals surface area contributed by atoms with Crippen molar-refractivity contribution in [3.63, 3.8) is 0 Å². The number of nitrogens with one attached hydrogen (secondary N) is 2. The van der Waals surface area contributed by atoms with E-state index in [0.29, 0.717) is 11.9 Å². The molecule has 0 radical (unpaired) electrons. The third-order valence-corrected chi connectivity index (χ3v) is 3.57. The van der Waals surface area contributed by atoms with Gasteiger partial charge in [-0.25, -0.2) is 0 Å². The number of hydrogen-bond donors (Lipinski definition) is 2. The van der Waals surface area contributed by atoms with E-state index >= 15 is 0 Å². The van der Waals surface area contributed by atoms with Crippen LogP contribution in [0.4, 0.5) is 11.7 Å². The molecule has 1 aromatic carbocycles. The Morgan fingerprint density at radius 3 is 2.90 bits per heavy atom. The molecule has 2 aromatic rings. The Balaban J connectivity index is 2.07. The fraction of sp³-hybridized carbons (Fsp3) is 0.429. The van der Waals surface area contributed by atoms with E-state index < -0.39 is 0 Å². The van der Waals surface area contributed by atoms with Crippen molar-refractivity contribution < 1.29 is 4.42 Å². The van der Waals surface area contributed by atoms with Crippen molar-refractivity contribution in [3.05, 3.63) is 34.1 Å². The molecular formula is C14H19BrN4O. The molecule has 6 heteroatoms. The molecule has 0 fully saturated rings. The maximum absolute atomic E-state index is 5.62. The zero-order valence-electron chi connectivity index (χ0n) is 11.9. The van der Waals surface area contributed by atoms with Crippen molar-refractivity contribution in [1.82, 2.24) is 15.5 Å². The summed E-state index contributed by atoms with van der Waals surface area (Å²) in [5.41, 5.74) is 2.07. The number of halogens is 1. The lowest BCUT2D eigenvalue weighted by Gasteiger charge is -2.08. The van der Waals surface area contributed by atoms with Crippen LogP contribution in [-0.4, -0.2) is 16.7 Å². The summed E-state index contributed by atoms with van der Waals surface area (Å²) in [4.78, 5) is 0. The van der Waals surface area contributed by atoms with E-state index in [0.717, 1.165) is 28.7 Å². The molecule has 0 spiro atoms. The Morgan fingerprint density at radius 1 is 1.35 bits per heavy atom. The molecule has 1 unspecified atom stereocenters. The third kappa shape index (κ3) is 3.80. The standard InChI is InChI=1S/C14H19BrN4O/c1-4-7-16-10(3)13-18-19-14(20-13)17-12-8-9(2)5-6-11(12)15/h5-6,8,10,16H,4,7H2,1-3H3,(H,17,19). The molecular weight excluding hydrogens is 320 g/mol. The Hall–Kier alpha value is -1.40. The molecule has 5 nitrogen and oxygen atoms in total. The Kier molecular flexibility index (Phi) is 5.14. The first-order chi connectivity index (χ1) is 9.60. The SMILES string of the molecule is CCCNC(C)c1nnc(Nc2cc(C)ccc2Br)o1. The van der Waals surface area contributed by atoms with Gasteiger partial charge in [0.25, 0.3) is 0 Å². The minimum atomic E-state index is 0.0546. The summed E-state index contributed by atoms with van der Waals surface area (Å²) in [6.07, 6.45) is 1.07. The summed E-state index contributed by atoms with van der Waals surface area (Å²) in [5.74, 6) is 0.588. The molecule has 108 valence electrons. The highest BCUT2D eigenvalue weighted by atomic mass is 79.9. The van der Waals surface area contributed by atoms with E-state index in [1.54, 1.807) is 0 Å². The van der Waals surface area contributed by atoms with Gasteiger partial charge in [0.05, 0.1) is 11.7 Å². The van der Waals surface area contributed by atoms with Crippen molar-refractivity contribution in [1.29, 1.82) is 0 Å². The third-order valence-electron chi connectivity index (χ3n) is 2.88. The summed E-state index contributed by atoms with van der Waals surface area (Å²) >= 11 is 3.49. The number of aryl methyl sites for hydroxylation is 1. The maximum Gasteiger partial charge on any atom is 0.320 e. The van der Waals surface area contributed by atoms with Gasteiger partial charge in [-0.15, -0.1) is 5.10 Å². The zero-order valence-corrected chi connectivity index (χ0v) is 13.5. The van der Waals surface area contributed by atoms with Crippen LogP contribution in [0.15, 0.2) is 27.1 Å². The lowest BCUT2D eigenvalue weighted by atomic mass is 10.2. The maximum atomic E-state index is 5.62. The first kappa shape index (κ1) is 15.0. The van der Waals surface area contributed by atoms with E-state index in [-0.39, 0.29) is 6.04 Å². The second-order valence-corrected chi connectivity index (χ2v) is 5.58. The van der Waals surface area contributed by atoms with Gasteiger partial charge in [0, 0.05) is 4.47 Å². The van der Waals surface area contributed by atoms with Crippen LogP contribution in [0.2, 0.25) is 0 Å². The van der Waals surface area contributed by atoms with Crippen molar-refractivity contribution >= 4 is 27.6 Å². The van der Waals surface area contributed by atoms with Gasteiger partial charge in [0.15, 0.2) is 0 Å². The topological polar surface area (TPSA) is 63.0 Å². The summed E-state index contributed by atoms with van der Waals surface area (Å²) < 4.78 is 6.58. The Morgan fingerprint density at radius 2 is 2.15 bits per heavy atom. The number of benzene rings is 1. The molecule has 0 aliphatic heterocycles. The van der Waals surface area contributed by atoms with Crippen LogP contribution in [0, 0.1) is 6.92 Å². The zero-order chi connectivity index (χ0) is 14.5. The largest absolute Gasteiger partial charge is 0.406 e. The average molecular weight is 339 g/mol. The molecule has 2 rings (SSSR count). The van der Waals surface area contributed by atoms with E-state index in [1.165, 1.54) is 0 Å². The number of anilines is 2. The molecule has 0 saturated carbocycles. The molecule has 0 bridgehead atoms. The smallest absolute Gasteiger partial charge is 0.320 e. The summed E-state index contributed by atoms with van der Waals surface area (Å²) in [5, 5.41) is 14.5. The van der Waals surface area contributed by atoms with E-state index in [2.05, 4.69) is 43.7 Å². The minimum absolute atomic E-state index is 0.0546. The Labute approximate surface area is 127 Å². The molecule has 0 saturated heterocycles. The van der Waals surface area contributed by atoms with Gasteiger partial charge in [0.2, 0.25) is 5.89 Å². The monoisotopic (exact) mass is 338 g/mol. The fourth-order valence-corrected chi connectivity index (χ4v) is 2.10. The van der Waals surface area contributed by atoms with Crippen LogP contribution < -0.4 is 10.6 Å². The molecule has 1 atom stereocenters. The molecule has 0 aliphatic carbocycles. The number of nitrogens with zero attached hydrogens (tertiary/aromatic N) is 2. The molecule has 2 N–H and O–H groups in total. The lowest BCUT2D eigenvalue weighted by molar-refractivity contribution is 0.424. The highest BCUT2D eigenvalue weighted by Crippen LogP contribution is 2.26. The van der Waals surface area contributed by atoms with Gasteiger partial charge < -0.3 is 15.1 Å². The summed E-state index contributed by atoms with van der Waals surface area (Å²) in [6.45, 7) is 7.09. The van der Waals surface area contributed by atoms with Crippen LogP contribution in [-0.2, 0) is 0 Å². The van der Waals surface area contributed by atoms with Gasteiger partial charge in [-0.3, -0.25) is 0 Å². The average Bonchev–Trinajstić information content (AvgIpc) is 2.89. The molecule has 1 heterocycles. The Bertz CT molecular complexity index is 570. The van der Waals surface area contributed by atoms with Crippen LogP contribution in [0.5, 0.6) is 0 Å². The summed E-state index contributed by atoms with van der Waals surface area (Å²) in [7, 11) is 0. The van der Waals surface area contributed by atoms with Crippen molar-refractivity contribution in [2.24, 2.45) is 0 Å². The molecule has 0 amide bonds. The van der Waals surface area contributed by atoms with E-state index in [9.17, 15) is 0 Å². The van der Waals surface area contributed by atoms with Gasteiger partial charge in [-0.05, 0) is 60.4 Å².